The predicted molar refractivity (Wildman–Crippen MR) is 73.3 cm³/mol. The van der Waals surface area contributed by atoms with E-state index in [2.05, 4.69) is 5.32 Å². The molecule has 106 valence electrons. The summed E-state index contributed by atoms with van der Waals surface area (Å²) < 4.78 is 5.42. The van der Waals surface area contributed by atoms with Crippen LogP contribution in [0.2, 0.25) is 0 Å². The Balaban J connectivity index is 2.28. The largest absolute Gasteiger partial charge is 0.382 e. The third kappa shape index (κ3) is 4.58. The molecule has 1 rings (SSSR count). The average Bonchev–Trinajstić information content (AvgIpc) is 2.31. The van der Waals surface area contributed by atoms with Gasteiger partial charge < -0.3 is 15.8 Å². The second-order valence-electron chi connectivity index (χ2n) is 5.41. The van der Waals surface area contributed by atoms with Gasteiger partial charge in [0.15, 0.2) is 0 Å². The van der Waals surface area contributed by atoms with Crippen LogP contribution in [0.15, 0.2) is 0 Å². The maximum Gasteiger partial charge on any atom is 0.236 e. The second kappa shape index (κ2) is 7.74. The van der Waals surface area contributed by atoms with E-state index in [1.165, 1.54) is 19.3 Å². The van der Waals surface area contributed by atoms with E-state index < -0.39 is 0 Å². The van der Waals surface area contributed by atoms with Crippen LogP contribution in [0, 0.1) is 5.41 Å². The molecule has 0 saturated heterocycles. The van der Waals surface area contributed by atoms with Gasteiger partial charge >= 0.3 is 0 Å². The van der Waals surface area contributed by atoms with Crippen molar-refractivity contribution in [3.8, 4) is 0 Å². The maximum absolute atomic E-state index is 11.8. The number of nitrogens with one attached hydrogen (secondary N) is 1. The fourth-order valence-corrected chi connectivity index (χ4v) is 2.47. The molecule has 0 aromatic carbocycles. The fourth-order valence-electron chi connectivity index (χ4n) is 2.47. The highest BCUT2D eigenvalue weighted by atomic mass is 16.5. The Kier molecular flexibility index (Phi) is 6.65. The van der Waals surface area contributed by atoms with Gasteiger partial charge in [0, 0.05) is 19.8 Å². The van der Waals surface area contributed by atoms with Crippen molar-refractivity contribution in [1.29, 1.82) is 0 Å². The summed E-state index contributed by atoms with van der Waals surface area (Å²) in [5.74, 6) is -0.000431. The van der Waals surface area contributed by atoms with E-state index in [0.717, 1.165) is 39.0 Å². The molecule has 0 spiro atoms. The van der Waals surface area contributed by atoms with Gasteiger partial charge in [0.2, 0.25) is 5.91 Å². The van der Waals surface area contributed by atoms with Crippen molar-refractivity contribution in [2.45, 2.75) is 58.4 Å². The molecule has 1 aliphatic carbocycles. The number of hydrogen-bond acceptors (Lipinski definition) is 3. The van der Waals surface area contributed by atoms with E-state index in [-0.39, 0.29) is 17.4 Å². The molecule has 3 N–H and O–H groups in total. The molecule has 0 aliphatic heterocycles. The van der Waals surface area contributed by atoms with Gasteiger partial charge in [-0.05, 0) is 38.0 Å². The molecule has 1 fully saturated rings. The van der Waals surface area contributed by atoms with Gasteiger partial charge in [0.1, 0.15) is 0 Å². The minimum Gasteiger partial charge on any atom is -0.382 e. The van der Waals surface area contributed by atoms with E-state index in [1.807, 2.05) is 13.8 Å². The smallest absolute Gasteiger partial charge is 0.236 e. The first-order valence-corrected chi connectivity index (χ1v) is 7.24. The SMILES string of the molecule is CCCC(N)C(=O)NCC1(CCOCC)CCC1. The standard InChI is InChI=1S/C14H28N2O2/c1-3-6-12(15)13(17)16-11-14(7-5-8-14)9-10-18-4-2/h12H,3-11,15H2,1-2H3,(H,16,17). The Morgan fingerprint density at radius 3 is 2.67 bits per heavy atom. The van der Waals surface area contributed by atoms with E-state index in [4.69, 9.17) is 10.5 Å². The van der Waals surface area contributed by atoms with Gasteiger partial charge in [-0.1, -0.05) is 19.8 Å². The highest BCUT2D eigenvalue weighted by molar-refractivity contribution is 5.81. The molecule has 4 nitrogen and oxygen atoms in total. The van der Waals surface area contributed by atoms with Crippen LogP contribution in [-0.2, 0) is 9.53 Å². The second-order valence-corrected chi connectivity index (χ2v) is 5.41. The Hall–Kier alpha value is -0.610. The van der Waals surface area contributed by atoms with E-state index >= 15 is 0 Å². The third-order valence-corrected chi connectivity index (χ3v) is 3.97. The minimum atomic E-state index is -0.348. The first kappa shape index (κ1) is 15.4. The van der Waals surface area contributed by atoms with Crippen LogP contribution < -0.4 is 11.1 Å². The van der Waals surface area contributed by atoms with Crippen LogP contribution in [0.4, 0.5) is 0 Å². The lowest BCUT2D eigenvalue weighted by Gasteiger charge is -2.42. The van der Waals surface area contributed by atoms with Crippen molar-refractivity contribution < 1.29 is 9.53 Å². The summed E-state index contributed by atoms with van der Waals surface area (Å²) >= 11 is 0. The highest BCUT2D eigenvalue weighted by Gasteiger charge is 2.36. The lowest BCUT2D eigenvalue weighted by molar-refractivity contribution is -0.123. The van der Waals surface area contributed by atoms with Crippen molar-refractivity contribution in [2.75, 3.05) is 19.8 Å². The van der Waals surface area contributed by atoms with Crippen molar-refractivity contribution in [3.63, 3.8) is 0 Å². The number of rotatable bonds is 9. The summed E-state index contributed by atoms with van der Waals surface area (Å²) in [4.78, 5) is 11.8. The van der Waals surface area contributed by atoms with Crippen LogP contribution in [0.5, 0.6) is 0 Å². The molecule has 1 saturated carbocycles. The monoisotopic (exact) mass is 256 g/mol. The molecule has 1 unspecified atom stereocenters. The zero-order valence-electron chi connectivity index (χ0n) is 11.8. The molecule has 1 amide bonds. The zero-order valence-corrected chi connectivity index (χ0v) is 11.8. The summed E-state index contributed by atoms with van der Waals surface area (Å²) in [5, 5.41) is 3.02. The molecule has 0 aromatic rings. The molecule has 4 heteroatoms. The van der Waals surface area contributed by atoms with Crippen LogP contribution in [0.25, 0.3) is 0 Å². The zero-order chi connectivity index (χ0) is 13.4. The molecule has 1 aliphatic rings. The van der Waals surface area contributed by atoms with Crippen LogP contribution in [-0.4, -0.2) is 31.7 Å². The van der Waals surface area contributed by atoms with Gasteiger partial charge in [0.25, 0.3) is 0 Å². The van der Waals surface area contributed by atoms with Crippen molar-refractivity contribution in [1.82, 2.24) is 5.32 Å². The maximum atomic E-state index is 11.8. The van der Waals surface area contributed by atoms with Crippen molar-refractivity contribution >= 4 is 5.91 Å². The summed E-state index contributed by atoms with van der Waals surface area (Å²) in [6.07, 6.45) is 6.42. The van der Waals surface area contributed by atoms with Gasteiger partial charge in [-0.15, -0.1) is 0 Å². The van der Waals surface area contributed by atoms with Gasteiger partial charge in [0.05, 0.1) is 6.04 Å². The van der Waals surface area contributed by atoms with Crippen LogP contribution in [0.1, 0.15) is 52.4 Å². The summed E-state index contributed by atoms with van der Waals surface area (Å²) in [7, 11) is 0. The molecule has 0 aromatic heterocycles. The lowest BCUT2D eigenvalue weighted by Crippen LogP contribution is -2.47. The number of hydrogen-bond donors (Lipinski definition) is 2. The topological polar surface area (TPSA) is 64.4 Å². The van der Waals surface area contributed by atoms with E-state index in [0.29, 0.717) is 0 Å². The van der Waals surface area contributed by atoms with Crippen LogP contribution >= 0.6 is 0 Å². The Labute approximate surface area is 111 Å². The number of ether oxygens (including phenoxy) is 1. The Bertz CT molecular complexity index is 252. The number of carbonyl (C=O) groups is 1. The molecule has 18 heavy (non-hydrogen) atoms. The molecule has 0 heterocycles. The number of amides is 1. The predicted octanol–water partition coefficient (Wildman–Crippen LogP) is 1.83. The normalized spacial score (nSPS) is 19.1. The van der Waals surface area contributed by atoms with E-state index in [9.17, 15) is 4.79 Å². The fraction of sp³-hybridized carbons (Fsp3) is 0.929. The summed E-state index contributed by atoms with van der Waals surface area (Å²) in [5.41, 5.74) is 6.08. The molecule has 0 bridgehead atoms. The lowest BCUT2D eigenvalue weighted by atomic mass is 9.66. The first-order chi connectivity index (χ1) is 8.63. The average molecular weight is 256 g/mol. The minimum absolute atomic E-state index is 0.000431. The molecule has 1 atom stereocenters. The third-order valence-electron chi connectivity index (χ3n) is 3.97. The quantitative estimate of drug-likeness (QED) is 0.619. The van der Waals surface area contributed by atoms with Crippen LogP contribution in [0.3, 0.4) is 0 Å². The van der Waals surface area contributed by atoms with Crippen molar-refractivity contribution in [3.05, 3.63) is 0 Å². The Morgan fingerprint density at radius 2 is 2.17 bits per heavy atom. The molecular weight excluding hydrogens is 228 g/mol. The number of carbonyl (C=O) groups excluding carboxylic acids is 1. The van der Waals surface area contributed by atoms with Gasteiger partial charge in [-0.25, -0.2) is 0 Å². The summed E-state index contributed by atoms with van der Waals surface area (Å²) in [6, 6.07) is -0.348. The first-order valence-electron chi connectivity index (χ1n) is 7.24. The van der Waals surface area contributed by atoms with Gasteiger partial charge in [-0.2, -0.15) is 0 Å². The van der Waals surface area contributed by atoms with Gasteiger partial charge in [-0.3, -0.25) is 4.79 Å². The number of nitrogens with two attached hydrogens (primary N) is 1. The molecule has 0 radical (unpaired) electrons. The Morgan fingerprint density at radius 1 is 1.44 bits per heavy atom. The van der Waals surface area contributed by atoms with E-state index in [1.54, 1.807) is 0 Å². The highest BCUT2D eigenvalue weighted by Crippen LogP contribution is 2.43. The van der Waals surface area contributed by atoms with Crippen molar-refractivity contribution in [2.24, 2.45) is 11.1 Å². The summed E-state index contributed by atoms with van der Waals surface area (Å²) in [6.45, 7) is 6.38. The molecular formula is C14H28N2O2.